The predicted molar refractivity (Wildman–Crippen MR) is 64.8 cm³/mol. The van der Waals surface area contributed by atoms with E-state index in [-0.39, 0.29) is 5.70 Å². The van der Waals surface area contributed by atoms with Gasteiger partial charge in [-0.15, -0.1) is 16.4 Å². The average Bonchev–Trinajstić information content (AvgIpc) is 3.02. The quantitative estimate of drug-likeness (QED) is 0.613. The minimum absolute atomic E-state index is 0.251. The highest BCUT2D eigenvalue weighted by molar-refractivity contribution is 7.12. The number of rotatable bonds is 2. The Morgan fingerprint density at radius 1 is 1.41 bits per heavy atom. The Morgan fingerprint density at radius 2 is 2.35 bits per heavy atom. The zero-order valence-corrected chi connectivity index (χ0v) is 9.99. The maximum Gasteiger partial charge on any atom is 0.363 e. The second-order valence-electron chi connectivity index (χ2n) is 3.14. The van der Waals surface area contributed by atoms with Crippen LogP contribution in [0, 0.1) is 0 Å². The lowest BCUT2D eigenvalue weighted by molar-refractivity contribution is -0.129. The summed E-state index contributed by atoms with van der Waals surface area (Å²) < 4.78 is 8.78. The Bertz CT molecular complexity index is 600. The molecule has 0 amide bonds. The third-order valence-electron chi connectivity index (χ3n) is 2.01. The van der Waals surface area contributed by atoms with Crippen LogP contribution in [0.15, 0.2) is 33.6 Å². The molecule has 5 nitrogen and oxygen atoms in total. The number of cyclic esters (lactones) is 1. The lowest BCUT2D eigenvalue weighted by Gasteiger charge is -1.92. The molecule has 0 saturated heterocycles. The Morgan fingerprint density at radius 3 is 3.06 bits per heavy atom. The molecule has 0 spiro atoms. The highest BCUT2D eigenvalue weighted by Gasteiger charge is 2.24. The molecule has 17 heavy (non-hydrogen) atoms. The van der Waals surface area contributed by atoms with E-state index in [0.717, 1.165) is 4.88 Å². The second kappa shape index (κ2) is 4.19. The summed E-state index contributed by atoms with van der Waals surface area (Å²) in [7, 11) is 0. The molecule has 0 saturated carbocycles. The lowest BCUT2D eigenvalue weighted by atomic mass is 10.3. The first-order chi connectivity index (χ1) is 8.33. The Hall–Kier alpha value is -1.86. The van der Waals surface area contributed by atoms with E-state index in [1.165, 1.54) is 22.9 Å². The summed E-state index contributed by atoms with van der Waals surface area (Å²) in [5.41, 5.74) is 0.860. The van der Waals surface area contributed by atoms with E-state index in [2.05, 4.69) is 14.6 Å². The van der Waals surface area contributed by atoms with Gasteiger partial charge < -0.3 is 4.74 Å². The fraction of sp³-hybridized carbons (Fsp3) is 0. The molecule has 7 heteroatoms. The number of hydrogen-bond donors (Lipinski definition) is 0. The summed E-state index contributed by atoms with van der Waals surface area (Å²) in [6.07, 6.45) is 1.56. The van der Waals surface area contributed by atoms with Crippen molar-refractivity contribution in [2.24, 2.45) is 4.99 Å². The van der Waals surface area contributed by atoms with E-state index in [9.17, 15) is 4.79 Å². The van der Waals surface area contributed by atoms with Gasteiger partial charge in [-0.1, -0.05) is 10.6 Å². The molecule has 3 heterocycles. The van der Waals surface area contributed by atoms with Gasteiger partial charge in [-0.05, 0) is 29.1 Å². The minimum atomic E-state index is -0.457. The number of hydrogen-bond acceptors (Lipinski definition) is 7. The van der Waals surface area contributed by atoms with Gasteiger partial charge in [0.2, 0.25) is 5.90 Å². The molecule has 0 aliphatic carbocycles. The molecule has 0 bridgehead atoms. The van der Waals surface area contributed by atoms with Crippen LogP contribution in [-0.2, 0) is 9.53 Å². The number of esters is 1. The van der Waals surface area contributed by atoms with E-state index in [1.807, 2.05) is 17.5 Å². The van der Waals surface area contributed by atoms with Crippen molar-refractivity contribution in [3.05, 3.63) is 39.2 Å². The van der Waals surface area contributed by atoms with Gasteiger partial charge in [0.25, 0.3) is 0 Å². The molecule has 0 unspecified atom stereocenters. The average molecular weight is 263 g/mol. The molecule has 2 aromatic heterocycles. The topological polar surface area (TPSA) is 64.4 Å². The molecule has 84 valence electrons. The van der Waals surface area contributed by atoms with Gasteiger partial charge in [0.1, 0.15) is 5.69 Å². The van der Waals surface area contributed by atoms with E-state index in [4.69, 9.17) is 4.74 Å². The summed E-state index contributed by atoms with van der Waals surface area (Å²) in [6.45, 7) is 0. The molecule has 0 N–H and O–H groups in total. The molecule has 0 aromatic carbocycles. The fourth-order valence-electron chi connectivity index (χ4n) is 1.29. The fourth-order valence-corrected chi connectivity index (χ4v) is 2.35. The van der Waals surface area contributed by atoms with Crippen LogP contribution in [0.1, 0.15) is 10.6 Å². The molecule has 1 aliphatic rings. The van der Waals surface area contributed by atoms with Crippen LogP contribution in [0.2, 0.25) is 0 Å². The zero-order valence-electron chi connectivity index (χ0n) is 8.36. The Balaban J connectivity index is 1.95. The number of aromatic nitrogens is 2. The Labute approximate surface area is 104 Å². The van der Waals surface area contributed by atoms with Gasteiger partial charge >= 0.3 is 5.97 Å². The van der Waals surface area contributed by atoms with Crippen molar-refractivity contribution in [2.45, 2.75) is 0 Å². The first kappa shape index (κ1) is 10.3. The van der Waals surface area contributed by atoms with Gasteiger partial charge in [0.05, 0.1) is 4.88 Å². The number of nitrogens with zero attached hydrogens (tertiary/aromatic N) is 3. The maximum absolute atomic E-state index is 11.6. The van der Waals surface area contributed by atoms with Crippen molar-refractivity contribution in [1.82, 2.24) is 9.59 Å². The lowest BCUT2D eigenvalue weighted by Crippen LogP contribution is -2.03. The number of carbonyl (C=O) groups is 1. The van der Waals surface area contributed by atoms with E-state index in [0.29, 0.717) is 11.6 Å². The summed E-state index contributed by atoms with van der Waals surface area (Å²) in [5, 5.41) is 7.46. The number of carbonyl (C=O) groups excluding carboxylic acids is 1. The highest BCUT2D eigenvalue weighted by Crippen LogP contribution is 2.21. The first-order valence-electron chi connectivity index (χ1n) is 4.66. The molecular weight excluding hydrogens is 258 g/mol. The van der Waals surface area contributed by atoms with Gasteiger partial charge in [-0.3, -0.25) is 0 Å². The molecule has 0 atom stereocenters. The van der Waals surface area contributed by atoms with Gasteiger partial charge in [0, 0.05) is 5.38 Å². The zero-order chi connectivity index (χ0) is 11.7. The van der Waals surface area contributed by atoms with E-state index in [1.54, 1.807) is 11.5 Å². The standard InChI is InChI=1S/C10H5N3O2S2/c14-10-7(4-6-5-17-13-12-6)11-9(15-10)8-2-1-3-16-8/h1-5H/b7-4-. The van der Waals surface area contributed by atoms with Gasteiger partial charge in [-0.25, -0.2) is 9.79 Å². The van der Waals surface area contributed by atoms with Crippen LogP contribution in [-0.4, -0.2) is 21.5 Å². The number of aliphatic imine (C=N–C) groups is 1. The maximum atomic E-state index is 11.6. The van der Waals surface area contributed by atoms with Gasteiger partial charge in [-0.2, -0.15) is 0 Å². The van der Waals surface area contributed by atoms with E-state index < -0.39 is 5.97 Å². The summed E-state index contributed by atoms with van der Waals surface area (Å²) in [4.78, 5) is 16.5. The third-order valence-corrected chi connectivity index (χ3v) is 3.39. The van der Waals surface area contributed by atoms with Crippen molar-refractivity contribution in [3.8, 4) is 0 Å². The van der Waals surface area contributed by atoms with Crippen LogP contribution in [0.25, 0.3) is 6.08 Å². The summed E-state index contributed by atoms with van der Waals surface area (Å²) >= 11 is 2.69. The van der Waals surface area contributed by atoms with Crippen LogP contribution >= 0.6 is 22.9 Å². The number of ether oxygens (including phenoxy) is 1. The molecule has 0 fully saturated rings. The summed E-state index contributed by atoms with van der Waals surface area (Å²) in [5.74, 6) is -0.110. The SMILES string of the molecule is O=C1OC(c2cccs2)=N/C1=C\c1csnn1. The monoisotopic (exact) mass is 263 g/mol. The molecular formula is C10H5N3O2S2. The molecule has 0 radical (unpaired) electrons. The van der Waals surface area contributed by atoms with E-state index >= 15 is 0 Å². The molecule has 1 aliphatic heterocycles. The van der Waals surface area contributed by atoms with Crippen molar-refractivity contribution < 1.29 is 9.53 Å². The Kier molecular flexibility index (Phi) is 2.54. The highest BCUT2D eigenvalue weighted by atomic mass is 32.1. The predicted octanol–water partition coefficient (Wildman–Crippen LogP) is 1.94. The van der Waals surface area contributed by atoms with Crippen molar-refractivity contribution >= 4 is 40.8 Å². The largest absolute Gasteiger partial charge is 0.401 e. The van der Waals surface area contributed by atoms with Crippen LogP contribution in [0.5, 0.6) is 0 Å². The van der Waals surface area contributed by atoms with Crippen LogP contribution < -0.4 is 0 Å². The molecule has 2 aromatic rings. The minimum Gasteiger partial charge on any atom is -0.401 e. The smallest absolute Gasteiger partial charge is 0.363 e. The van der Waals surface area contributed by atoms with Crippen LogP contribution in [0.4, 0.5) is 0 Å². The number of thiophene rings is 1. The van der Waals surface area contributed by atoms with Crippen molar-refractivity contribution in [3.63, 3.8) is 0 Å². The third kappa shape index (κ3) is 2.02. The van der Waals surface area contributed by atoms with Crippen molar-refractivity contribution in [2.75, 3.05) is 0 Å². The first-order valence-corrected chi connectivity index (χ1v) is 6.38. The van der Waals surface area contributed by atoms with Crippen LogP contribution in [0.3, 0.4) is 0 Å². The second-order valence-corrected chi connectivity index (χ2v) is 4.70. The normalized spacial score (nSPS) is 17.3. The summed E-state index contributed by atoms with van der Waals surface area (Å²) in [6, 6.07) is 3.73. The van der Waals surface area contributed by atoms with Gasteiger partial charge in [0.15, 0.2) is 5.70 Å². The van der Waals surface area contributed by atoms with Crippen molar-refractivity contribution in [1.29, 1.82) is 0 Å². The molecule has 3 rings (SSSR count).